The third-order valence-corrected chi connectivity index (χ3v) is 8.92. The van der Waals surface area contributed by atoms with Gasteiger partial charge < -0.3 is 10.1 Å². The van der Waals surface area contributed by atoms with E-state index in [0.717, 1.165) is 48.0 Å². The number of amides is 2. The Morgan fingerprint density at radius 2 is 1.76 bits per heavy atom. The van der Waals surface area contributed by atoms with Crippen LogP contribution in [0.25, 0.3) is 11.1 Å². The van der Waals surface area contributed by atoms with Crippen molar-refractivity contribution in [2.75, 3.05) is 17.3 Å². The summed E-state index contributed by atoms with van der Waals surface area (Å²) in [5.74, 6) is 0.735. The number of anilines is 2. The first kappa shape index (κ1) is 22.8. The maximum Gasteiger partial charge on any atom is 0.327 e. The van der Waals surface area contributed by atoms with Crippen molar-refractivity contribution in [2.45, 2.75) is 19.4 Å². The minimum absolute atomic E-state index is 0.182. The summed E-state index contributed by atoms with van der Waals surface area (Å²) in [4.78, 5) is 21.5. The largest absolute Gasteiger partial charge is 0.497 e. The van der Waals surface area contributed by atoms with Crippen LogP contribution in [0.4, 0.5) is 21.9 Å². The molecule has 0 bridgehead atoms. The lowest BCUT2D eigenvalue weighted by molar-refractivity contribution is 0.251. The molecular weight excluding hydrogens is 530 g/mol. The van der Waals surface area contributed by atoms with Gasteiger partial charge in [-0.15, -0.1) is 0 Å². The zero-order valence-electron chi connectivity index (χ0n) is 18.8. The molecule has 0 atom stereocenters. The summed E-state index contributed by atoms with van der Waals surface area (Å²) in [7, 11) is 4.94. The fraction of sp³-hybridized carbons (Fsp3) is 0.154. The highest BCUT2D eigenvalue weighted by Gasteiger charge is 2.43. The molecule has 0 fully saturated rings. The van der Waals surface area contributed by atoms with Crippen LogP contribution in [0.5, 0.6) is 5.75 Å². The molecule has 5 nitrogen and oxygen atoms in total. The Morgan fingerprint density at radius 3 is 2.47 bits per heavy atom. The highest BCUT2D eigenvalue weighted by Crippen LogP contribution is 2.50. The van der Waals surface area contributed by atoms with Crippen molar-refractivity contribution >= 4 is 59.7 Å². The fourth-order valence-electron chi connectivity index (χ4n) is 4.12. The molecule has 1 N–H and O–H groups in total. The van der Waals surface area contributed by atoms with E-state index in [4.69, 9.17) is 9.73 Å². The molecule has 0 saturated heterocycles. The smallest absolute Gasteiger partial charge is 0.327 e. The molecule has 8 heteroatoms. The number of hydrogen-bond acceptors (Lipinski definition) is 5. The molecule has 34 heavy (non-hydrogen) atoms. The average molecular weight is 553 g/mol. The molecule has 1 aliphatic heterocycles. The second-order valence-corrected chi connectivity index (χ2v) is 11.4. The van der Waals surface area contributed by atoms with Crippen LogP contribution in [0.3, 0.4) is 0 Å². The predicted molar refractivity (Wildman–Crippen MR) is 145 cm³/mol. The number of hydrogen-bond donors (Lipinski definition) is 1. The number of carbonyl (C=O) groups excluding carboxylic acids is 1. The predicted octanol–water partition coefficient (Wildman–Crippen LogP) is 7.77. The van der Waals surface area contributed by atoms with Gasteiger partial charge in [0.2, 0.25) is 0 Å². The highest BCUT2D eigenvalue weighted by atomic mass is 79.9. The van der Waals surface area contributed by atoms with Crippen LogP contribution in [0.2, 0.25) is 0 Å². The number of para-hydroxylation sites is 1. The average Bonchev–Trinajstić information content (AvgIpc) is 3.26. The summed E-state index contributed by atoms with van der Waals surface area (Å²) in [6.07, 6.45) is 0. The molecule has 0 spiro atoms. The van der Waals surface area contributed by atoms with Crippen molar-refractivity contribution in [2.24, 2.45) is 4.99 Å². The van der Waals surface area contributed by atoms with Crippen molar-refractivity contribution in [3.63, 3.8) is 0 Å². The molecule has 0 unspecified atom stereocenters. The zero-order valence-corrected chi connectivity index (χ0v) is 22.1. The minimum Gasteiger partial charge on any atom is -0.497 e. The molecule has 172 valence electrons. The van der Waals surface area contributed by atoms with Crippen molar-refractivity contribution in [3.05, 3.63) is 86.8 Å². The van der Waals surface area contributed by atoms with Gasteiger partial charge in [-0.2, -0.15) is 0 Å². The molecule has 0 aliphatic carbocycles. The van der Waals surface area contributed by atoms with Crippen LogP contribution in [-0.2, 0) is 5.54 Å². The number of urea groups is 1. The number of methoxy groups -OCH3 is 1. The number of benzene rings is 3. The van der Waals surface area contributed by atoms with Crippen LogP contribution >= 0.6 is 36.6 Å². The topological polar surface area (TPSA) is 53.9 Å². The van der Waals surface area contributed by atoms with E-state index in [1.807, 2.05) is 77.7 Å². The van der Waals surface area contributed by atoms with E-state index >= 15 is 0 Å². The lowest BCUT2D eigenvalue weighted by Gasteiger charge is -2.42. The van der Waals surface area contributed by atoms with Crippen molar-refractivity contribution in [3.8, 4) is 16.9 Å². The van der Waals surface area contributed by atoms with Gasteiger partial charge in [0.1, 0.15) is 10.4 Å². The Labute approximate surface area is 213 Å². The third-order valence-electron chi connectivity index (χ3n) is 5.76. The van der Waals surface area contributed by atoms with Gasteiger partial charge in [0.15, 0.2) is 0 Å². The van der Waals surface area contributed by atoms with Gasteiger partial charge in [0, 0.05) is 21.3 Å². The molecule has 3 aromatic carbocycles. The lowest BCUT2D eigenvalue weighted by Crippen LogP contribution is -2.50. The molecular formula is C26H22BrN3O2S2. The fourth-order valence-corrected chi connectivity index (χ4v) is 7.34. The van der Waals surface area contributed by atoms with Crippen molar-refractivity contribution in [1.29, 1.82) is 0 Å². The number of ether oxygens (including phenoxy) is 1. The van der Waals surface area contributed by atoms with Gasteiger partial charge in [-0.1, -0.05) is 54.8 Å². The number of halogens is 1. The SMILES string of the molecule is COc1ccc2c(c1)-c1c(ssc1=Nc1ccc(Br)cc1)C(C)(C)N2C(=O)Nc1ccccc1. The molecule has 1 aliphatic rings. The van der Waals surface area contributed by atoms with E-state index in [1.165, 1.54) is 0 Å². The van der Waals surface area contributed by atoms with E-state index < -0.39 is 5.54 Å². The Hall–Kier alpha value is -2.94. The van der Waals surface area contributed by atoms with Gasteiger partial charge in [-0.3, -0.25) is 4.90 Å². The van der Waals surface area contributed by atoms with E-state index in [9.17, 15) is 4.79 Å². The van der Waals surface area contributed by atoms with Crippen LogP contribution in [0.1, 0.15) is 18.7 Å². The van der Waals surface area contributed by atoms with Gasteiger partial charge in [0.25, 0.3) is 0 Å². The summed E-state index contributed by atoms with van der Waals surface area (Å²) < 4.78 is 7.48. The second kappa shape index (κ2) is 9.02. The molecule has 5 rings (SSSR count). The van der Waals surface area contributed by atoms with E-state index in [2.05, 4.69) is 35.1 Å². The van der Waals surface area contributed by atoms with E-state index in [0.29, 0.717) is 0 Å². The van der Waals surface area contributed by atoms with Crippen molar-refractivity contribution in [1.82, 2.24) is 0 Å². The first-order valence-corrected chi connectivity index (χ1v) is 13.6. The summed E-state index contributed by atoms with van der Waals surface area (Å²) in [6.45, 7) is 4.16. The first-order chi connectivity index (χ1) is 16.4. The second-order valence-electron chi connectivity index (χ2n) is 8.34. The van der Waals surface area contributed by atoms with Crippen molar-refractivity contribution < 1.29 is 9.53 Å². The summed E-state index contributed by atoms with van der Waals surface area (Å²) in [6, 6.07) is 23.1. The number of carbonyl (C=O) groups is 1. The first-order valence-electron chi connectivity index (χ1n) is 10.7. The Bertz CT molecular complexity index is 1430. The number of rotatable bonds is 3. The van der Waals surface area contributed by atoms with Gasteiger partial charge in [0.05, 0.1) is 28.9 Å². The Morgan fingerprint density at radius 1 is 1.03 bits per heavy atom. The molecule has 2 heterocycles. The maximum atomic E-state index is 13.6. The Balaban J connectivity index is 1.68. The summed E-state index contributed by atoms with van der Waals surface area (Å²) in [5, 5.41) is 3.06. The minimum atomic E-state index is -0.579. The summed E-state index contributed by atoms with van der Waals surface area (Å²) >= 11 is 3.49. The molecule has 4 aromatic rings. The zero-order chi connectivity index (χ0) is 23.9. The van der Waals surface area contributed by atoms with Gasteiger partial charge in [-0.05, 0) is 68.4 Å². The lowest BCUT2D eigenvalue weighted by atomic mass is 9.87. The quantitative estimate of drug-likeness (QED) is 0.264. The highest BCUT2D eigenvalue weighted by molar-refractivity contribution is 9.10. The summed E-state index contributed by atoms with van der Waals surface area (Å²) in [5.41, 5.74) is 3.87. The molecule has 2 amide bonds. The number of nitrogens with one attached hydrogen (secondary N) is 1. The van der Waals surface area contributed by atoms with Crippen LogP contribution in [0.15, 0.2) is 82.3 Å². The monoisotopic (exact) mass is 551 g/mol. The van der Waals surface area contributed by atoms with E-state index in [-0.39, 0.29) is 6.03 Å². The number of fused-ring (bicyclic) bond motifs is 3. The standard InChI is InChI=1S/C26H22BrN3O2S2/c1-26(2)23-22(24(34-33-23)28-18-11-9-16(27)10-12-18)20-15-19(32-3)13-14-21(20)30(26)25(31)29-17-7-5-4-6-8-17/h4-15H,1-3H3,(H,29,31). The molecule has 0 radical (unpaired) electrons. The third kappa shape index (κ3) is 4.06. The van der Waals surface area contributed by atoms with Gasteiger partial charge >= 0.3 is 6.03 Å². The molecule has 1 aromatic heterocycles. The van der Waals surface area contributed by atoms with Crippen LogP contribution in [0, 0.1) is 0 Å². The van der Waals surface area contributed by atoms with Crippen LogP contribution in [-0.4, -0.2) is 13.1 Å². The molecule has 0 saturated carbocycles. The van der Waals surface area contributed by atoms with Gasteiger partial charge in [-0.25, -0.2) is 9.79 Å². The maximum absolute atomic E-state index is 13.6. The van der Waals surface area contributed by atoms with Crippen LogP contribution < -0.4 is 19.6 Å². The normalized spacial score (nSPS) is 14.4. The van der Waals surface area contributed by atoms with E-state index in [1.54, 1.807) is 27.8 Å². The number of nitrogens with zero attached hydrogens (tertiary/aromatic N) is 2. The Kier molecular flexibility index (Phi) is 6.06.